The van der Waals surface area contributed by atoms with E-state index >= 15 is 0 Å². The van der Waals surface area contributed by atoms with Crippen molar-refractivity contribution in [2.24, 2.45) is 0 Å². The molecular formula is C18H21N3. The normalized spacial score (nSPS) is 15.0. The Morgan fingerprint density at radius 2 is 1.62 bits per heavy atom. The van der Waals surface area contributed by atoms with Crippen molar-refractivity contribution in [3.63, 3.8) is 0 Å². The molecule has 0 atom stereocenters. The lowest BCUT2D eigenvalue weighted by atomic mass is 10.1. The first kappa shape index (κ1) is 13.7. The number of aromatic nitrogens is 1. The first-order valence-electron chi connectivity index (χ1n) is 7.46. The van der Waals surface area contributed by atoms with Crippen LogP contribution in [0.1, 0.15) is 5.56 Å². The third kappa shape index (κ3) is 3.24. The Bertz CT molecular complexity index is 586. The number of benzene rings is 1. The summed E-state index contributed by atoms with van der Waals surface area (Å²) in [7, 11) is 0. The molecule has 0 N–H and O–H groups in total. The Balaban J connectivity index is 1.65. The average Bonchev–Trinajstić information content (AvgIpc) is 2.56. The standard InChI is InChI=1S/C18H21N3/c1-2-4-16-5-3-6-18(15-16)21-13-11-20(12-14-21)17-7-9-19-10-8-17/h2-3,5-10,15H,1,4,11-14H2. The summed E-state index contributed by atoms with van der Waals surface area (Å²) in [5.41, 5.74) is 3.92. The highest BCUT2D eigenvalue weighted by Crippen LogP contribution is 2.21. The van der Waals surface area contributed by atoms with Crippen LogP contribution in [0.25, 0.3) is 0 Å². The second-order valence-electron chi connectivity index (χ2n) is 5.34. The van der Waals surface area contributed by atoms with Gasteiger partial charge in [0.15, 0.2) is 0 Å². The van der Waals surface area contributed by atoms with Crippen LogP contribution in [0.15, 0.2) is 61.4 Å². The van der Waals surface area contributed by atoms with Gasteiger partial charge in [0.1, 0.15) is 0 Å². The minimum atomic E-state index is 0.935. The van der Waals surface area contributed by atoms with E-state index in [0.29, 0.717) is 0 Å². The second-order valence-corrected chi connectivity index (χ2v) is 5.34. The van der Waals surface area contributed by atoms with Crippen molar-refractivity contribution in [3.8, 4) is 0 Å². The molecule has 3 heteroatoms. The van der Waals surface area contributed by atoms with Gasteiger partial charge in [0, 0.05) is 49.9 Å². The van der Waals surface area contributed by atoms with Gasteiger partial charge in [-0.1, -0.05) is 18.2 Å². The van der Waals surface area contributed by atoms with Gasteiger partial charge in [-0.05, 0) is 36.2 Å². The van der Waals surface area contributed by atoms with Gasteiger partial charge in [0.2, 0.25) is 0 Å². The van der Waals surface area contributed by atoms with Crippen molar-refractivity contribution in [3.05, 3.63) is 67.0 Å². The highest BCUT2D eigenvalue weighted by molar-refractivity contribution is 5.52. The third-order valence-electron chi connectivity index (χ3n) is 3.96. The van der Waals surface area contributed by atoms with E-state index in [2.05, 4.69) is 57.8 Å². The van der Waals surface area contributed by atoms with E-state index in [1.807, 2.05) is 18.5 Å². The lowest BCUT2D eigenvalue weighted by molar-refractivity contribution is 0.653. The molecule has 0 saturated carbocycles. The lowest BCUT2D eigenvalue weighted by Gasteiger charge is -2.37. The van der Waals surface area contributed by atoms with Gasteiger partial charge in [-0.3, -0.25) is 4.98 Å². The maximum absolute atomic E-state index is 4.08. The fraction of sp³-hybridized carbons (Fsp3) is 0.278. The van der Waals surface area contributed by atoms with Gasteiger partial charge in [0.05, 0.1) is 0 Å². The number of pyridine rings is 1. The minimum absolute atomic E-state index is 0.935. The van der Waals surface area contributed by atoms with E-state index < -0.39 is 0 Å². The predicted octanol–water partition coefficient (Wildman–Crippen LogP) is 3.14. The van der Waals surface area contributed by atoms with Crippen LogP contribution in [0.2, 0.25) is 0 Å². The number of hydrogen-bond acceptors (Lipinski definition) is 3. The SMILES string of the molecule is C=CCc1cccc(N2CCN(c3ccncc3)CC2)c1. The van der Waals surface area contributed by atoms with Crippen molar-refractivity contribution in [1.29, 1.82) is 0 Å². The number of anilines is 2. The maximum atomic E-state index is 4.08. The summed E-state index contributed by atoms with van der Waals surface area (Å²) in [5.74, 6) is 0. The molecule has 2 aromatic rings. The molecule has 0 unspecified atom stereocenters. The Labute approximate surface area is 126 Å². The lowest BCUT2D eigenvalue weighted by Crippen LogP contribution is -2.46. The Morgan fingerprint density at radius 1 is 0.952 bits per heavy atom. The molecule has 0 amide bonds. The topological polar surface area (TPSA) is 19.4 Å². The maximum Gasteiger partial charge on any atom is 0.0398 e. The zero-order valence-corrected chi connectivity index (χ0v) is 12.3. The third-order valence-corrected chi connectivity index (χ3v) is 3.96. The Kier molecular flexibility index (Phi) is 4.20. The molecule has 21 heavy (non-hydrogen) atoms. The summed E-state index contributed by atoms with van der Waals surface area (Å²) < 4.78 is 0. The van der Waals surface area contributed by atoms with Gasteiger partial charge < -0.3 is 9.80 Å². The largest absolute Gasteiger partial charge is 0.368 e. The van der Waals surface area contributed by atoms with Crippen LogP contribution in [-0.2, 0) is 6.42 Å². The zero-order valence-electron chi connectivity index (χ0n) is 12.3. The molecule has 1 aromatic heterocycles. The predicted molar refractivity (Wildman–Crippen MR) is 89.0 cm³/mol. The molecule has 1 fully saturated rings. The number of nitrogens with zero attached hydrogens (tertiary/aromatic N) is 3. The molecule has 0 bridgehead atoms. The average molecular weight is 279 g/mol. The van der Waals surface area contributed by atoms with Crippen molar-refractivity contribution in [2.75, 3.05) is 36.0 Å². The zero-order chi connectivity index (χ0) is 14.5. The molecule has 1 aromatic carbocycles. The Hall–Kier alpha value is -2.29. The van der Waals surface area contributed by atoms with Crippen molar-refractivity contribution < 1.29 is 0 Å². The summed E-state index contributed by atoms with van der Waals surface area (Å²) in [4.78, 5) is 8.97. The van der Waals surface area contributed by atoms with Crippen LogP contribution >= 0.6 is 0 Å². The number of allylic oxidation sites excluding steroid dienone is 1. The van der Waals surface area contributed by atoms with E-state index in [9.17, 15) is 0 Å². The molecule has 3 rings (SSSR count). The van der Waals surface area contributed by atoms with Crippen LogP contribution in [0, 0.1) is 0 Å². The van der Waals surface area contributed by atoms with Gasteiger partial charge in [-0.2, -0.15) is 0 Å². The highest BCUT2D eigenvalue weighted by Gasteiger charge is 2.17. The van der Waals surface area contributed by atoms with Crippen LogP contribution in [0.5, 0.6) is 0 Å². The molecule has 1 saturated heterocycles. The number of piperazine rings is 1. The van der Waals surface area contributed by atoms with Gasteiger partial charge in [-0.15, -0.1) is 6.58 Å². The van der Waals surface area contributed by atoms with Crippen LogP contribution in [-0.4, -0.2) is 31.2 Å². The van der Waals surface area contributed by atoms with E-state index in [1.54, 1.807) is 0 Å². The quantitative estimate of drug-likeness (QED) is 0.802. The molecule has 0 aliphatic carbocycles. The molecule has 1 aliphatic rings. The molecule has 3 nitrogen and oxygen atoms in total. The van der Waals surface area contributed by atoms with Gasteiger partial charge >= 0.3 is 0 Å². The van der Waals surface area contributed by atoms with E-state index in [1.165, 1.54) is 16.9 Å². The van der Waals surface area contributed by atoms with Crippen LogP contribution in [0.4, 0.5) is 11.4 Å². The van der Waals surface area contributed by atoms with Crippen LogP contribution in [0.3, 0.4) is 0 Å². The minimum Gasteiger partial charge on any atom is -0.368 e. The van der Waals surface area contributed by atoms with E-state index in [0.717, 1.165) is 32.6 Å². The van der Waals surface area contributed by atoms with E-state index in [-0.39, 0.29) is 0 Å². The summed E-state index contributed by atoms with van der Waals surface area (Å²) in [5, 5.41) is 0. The fourth-order valence-electron chi connectivity index (χ4n) is 2.82. The summed E-state index contributed by atoms with van der Waals surface area (Å²) in [6.07, 6.45) is 6.62. The second kappa shape index (κ2) is 6.44. The number of hydrogen-bond donors (Lipinski definition) is 0. The highest BCUT2D eigenvalue weighted by atomic mass is 15.3. The van der Waals surface area contributed by atoms with Crippen LogP contribution < -0.4 is 9.80 Å². The van der Waals surface area contributed by atoms with E-state index in [4.69, 9.17) is 0 Å². The van der Waals surface area contributed by atoms with Crippen molar-refractivity contribution >= 4 is 11.4 Å². The summed E-state index contributed by atoms with van der Waals surface area (Å²) in [6.45, 7) is 8.03. The molecule has 2 heterocycles. The molecular weight excluding hydrogens is 258 g/mol. The Morgan fingerprint density at radius 3 is 2.29 bits per heavy atom. The van der Waals surface area contributed by atoms with Gasteiger partial charge in [-0.25, -0.2) is 0 Å². The first-order valence-corrected chi connectivity index (χ1v) is 7.46. The molecule has 108 valence electrons. The fourth-order valence-corrected chi connectivity index (χ4v) is 2.82. The molecule has 0 spiro atoms. The first-order chi connectivity index (χ1) is 10.4. The smallest absolute Gasteiger partial charge is 0.0398 e. The number of rotatable bonds is 4. The van der Waals surface area contributed by atoms with Crippen molar-refractivity contribution in [2.45, 2.75) is 6.42 Å². The molecule has 1 aliphatic heterocycles. The van der Waals surface area contributed by atoms with Gasteiger partial charge in [0.25, 0.3) is 0 Å². The van der Waals surface area contributed by atoms with Crippen molar-refractivity contribution in [1.82, 2.24) is 4.98 Å². The monoisotopic (exact) mass is 279 g/mol. The molecule has 0 radical (unpaired) electrons. The summed E-state index contributed by atoms with van der Waals surface area (Å²) in [6, 6.07) is 13.0. The summed E-state index contributed by atoms with van der Waals surface area (Å²) >= 11 is 0.